The number of carbonyl (C=O) groups is 3. The molecule has 0 radical (unpaired) electrons. The van der Waals surface area contributed by atoms with Gasteiger partial charge in [0.05, 0.1) is 0 Å². The lowest BCUT2D eigenvalue weighted by Gasteiger charge is -2.58. The molecule has 2 fully saturated rings. The molecule has 0 aromatic heterocycles. The van der Waals surface area contributed by atoms with Crippen LogP contribution in [-0.4, -0.2) is 41.8 Å². The molecule has 0 heterocycles. The van der Waals surface area contributed by atoms with E-state index in [1.165, 1.54) is 18.1 Å². The van der Waals surface area contributed by atoms with E-state index in [0.717, 1.165) is 38.5 Å². The maximum atomic E-state index is 13.9. The number of ketones is 1. The van der Waals surface area contributed by atoms with Gasteiger partial charge in [0.15, 0.2) is 11.4 Å². The Kier molecular flexibility index (Phi) is 6.16. The molecular formula is C28H41NO4. The van der Waals surface area contributed by atoms with Crippen molar-refractivity contribution in [1.29, 1.82) is 0 Å². The average molecular weight is 456 g/mol. The molecule has 0 saturated heterocycles. The highest BCUT2D eigenvalue weighted by Crippen LogP contribution is 2.68. The monoisotopic (exact) mass is 455 g/mol. The Hall–Kier alpha value is -1.91. The first-order chi connectivity index (χ1) is 15.5. The molecule has 0 aromatic rings. The van der Waals surface area contributed by atoms with Crippen molar-refractivity contribution in [3.63, 3.8) is 0 Å². The highest BCUT2D eigenvalue weighted by Gasteiger charge is 2.69. The van der Waals surface area contributed by atoms with Crippen molar-refractivity contribution in [2.75, 3.05) is 13.6 Å². The summed E-state index contributed by atoms with van der Waals surface area (Å²) in [5, 5.41) is 0. The Morgan fingerprint density at radius 3 is 2.52 bits per heavy atom. The van der Waals surface area contributed by atoms with Gasteiger partial charge in [-0.1, -0.05) is 38.8 Å². The number of rotatable bonds is 5. The molecular weight excluding hydrogens is 414 g/mol. The summed E-state index contributed by atoms with van der Waals surface area (Å²) in [6.07, 6.45) is 11.1. The molecule has 182 valence electrons. The van der Waals surface area contributed by atoms with Crippen LogP contribution in [0.5, 0.6) is 0 Å². The second-order valence-electron chi connectivity index (χ2n) is 11.6. The van der Waals surface area contributed by atoms with Crippen molar-refractivity contribution in [2.45, 2.75) is 91.6 Å². The first-order valence-corrected chi connectivity index (χ1v) is 12.9. The zero-order chi connectivity index (χ0) is 24.2. The Labute approximate surface area is 199 Å². The fraction of sp³-hybridized carbons (Fsp3) is 0.750. The van der Waals surface area contributed by atoms with Gasteiger partial charge >= 0.3 is 5.97 Å². The van der Waals surface area contributed by atoms with Crippen LogP contribution in [0.2, 0.25) is 0 Å². The normalized spacial score (nSPS) is 39.6. The van der Waals surface area contributed by atoms with E-state index >= 15 is 0 Å². The Bertz CT molecular complexity index is 919. The molecule has 33 heavy (non-hydrogen) atoms. The molecule has 2 saturated carbocycles. The number of carbonyl (C=O) groups excluding carboxylic acids is 3. The minimum absolute atomic E-state index is 0.00729. The van der Waals surface area contributed by atoms with E-state index in [1.54, 1.807) is 4.90 Å². The maximum absolute atomic E-state index is 13.9. The van der Waals surface area contributed by atoms with Gasteiger partial charge in [0.25, 0.3) is 5.91 Å². The number of unbranched alkanes of at least 4 members (excludes halogenated alkanes) is 1. The van der Waals surface area contributed by atoms with Crippen molar-refractivity contribution in [3.8, 4) is 0 Å². The molecule has 0 spiro atoms. The van der Waals surface area contributed by atoms with Crippen LogP contribution in [0.4, 0.5) is 0 Å². The number of hydrogen-bond acceptors (Lipinski definition) is 4. The minimum atomic E-state index is -1.09. The van der Waals surface area contributed by atoms with Crippen LogP contribution in [0.15, 0.2) is 23.3 Å². The Morgan fingerprint density at radius 2 is 1.85 bits per heavy atom. The zero-order valence-electron chi connectivity index (χ0n) is 21.3. The molecule has 5 nitrogen and oxygen atoms in total. The van der Waals surface area contributed by atoms with E-state index in [-0.39, 0.29) is 29.0 Å². The van der Waals surface area contributed by atoms with E-state index in [0.29, 0.717) is 31.2 Å². The second-order valence-corrected chi connectivity index (χ2v) is 11.6. The molecule has 3 unspecified atom stereocenters. The summed E-state index contributed by atoms with van der Waals surface area (Å²) in [5.41, 5.74) is 0.970. The lowest BCUT2D eigenvalue weighted by Crippen LogP contribution is -2.61. The first-order valence-electron chi connectivity index (χ1n) is 12.9. The van der Waals surface area contributed by atoms with Gasteiger partial charge in [0, 0.05) is 32.4 Å². The van der Waals surface area contributed by atoms with E-state index in [9.17, 15) is 14.4 Å². The number of fused-ring (bicyclic) bond motifs is 5. The number of ether oxygens (including phenoxy) is 1. The van der Waals surface area contributed by atoms with Gasteiger partial charge in [0.2, 0.25) is 0 Å². The van der Waals surface area contributed by atoms with Crippen LogP contribution in [0.3, 0.4) is 0 Å². The highest BCUT2D eigenvalue weighted by molar-refractivity contribution is 5.92. The summed E-state index contributed by atoms with van der Waals surface area (Å²) in [6.45, 7) is 10.9. The number of likely N-dealkylation sites (N-methyl/N-ethyl adjacent to an activating group) is 1. The smallest absolute Gasteiger partial charge is 0.303 e. The fourth-order valence-electron chi connectivity index (χ4n) is 8.03. The molecule has 4 rings (SSSR count). The number of amides is 1. The van der Waals surface area contributed by atoms with Crippen LogP contribution in [-0.2, 0) is 19.1 Å². The summed E-state index contributed by atoms with van der Waals surface area (Å²) in [7, 11) is 1.85. The van der Waals surface area contributed by atoms with E-state index < -0.39 is 11.0 Å². The lowest BCUT2D eigenvalue weighted by atomic mass is 9.47. The van der Waals surface area contributed by atoms with Crippen LogP contribution >= 0.6 is 0 Å². The van der Waals surface area contributed by atoms with Gasteiger partial charge in [-0.2, -0.15) is 0 Å². The van der Waals surface area contributed by atoms with E-state index in [1.807, 2.05) is 13.1 Å². The largest absolute Gasteiger partial charge is 0.449 e. The van der Waals surface area contributed by atoms with Gasteiger partial charge in [-0.25, -0.2) is 0 Å². The fourth-order valence-corrected chi connectivity index (χ4v) is 8.03. The molecule has 0 aliphatic heterocycles. The average Bonchev–Trinajstić information content (AvgIpc) is 3.05. The molecule has 4 aliphatic rings. The summed E-state index contributed by atoms with van der Waals surface area (Å²) >= 11 is 0. The van der Waals surface area contributed by atoms with Crippen molar-refractivity contribution in [3.05, 3.63) is 23.3 Å². The third-order valence-electron chi connectivity index (χ3n) is 9.81. The number of esters is 1. The number of allylic oxidation sites excluding steroid dienone is 4. The van der Waals surface area contributed by atoms with Crippen LogP contribution < -0.4 is 0 Å². The second kappa shape index (κ2) is 8.39. The van der Waals surface area contributed by atoms with Gasteiger partial charge in [0.1, 0.15) is 0 Å². The first kappa shape index (κ1) is 24.2. The zero-order valence-corrected chi connectivity index (χ0v) is 21.3. The Morgan fingerprint density at radius 1 is 1.15 bits per heavy atom. The highest BCUT2D eigenvalue weighted by atomic mass is 16.6. The lowest BCUT2D eigenvalue weighted by molar-refractivity contribution is -0.193. The predicted molar refractivity (Wildman–Crippen MR) is 128 cm³/mol. The molecule has 6 atom stereocenters. The van der Waals surface area contributed by atoms with E-state index in [4.69, 9.17) is 4.74 Å². The van der Waals surface area contributed by atoms with Gasteiger partial charge in [-0.05, 0) is 80.3 Å². The quantitative estimate of drug-likeness (QED) is 0.532. The topological polar surface area (TPSA) is 63.7 Å². The van der Waals surface area contributed by atoms with Crippen molar-refractivity contribution in [1.82, 2.24) is 4.90 Å². The van der Waals surface area contributed by atoms with Crippen LogP contribution in [0, 0.1) is 28.6 Å². The third-order valence-corrected chi connectivity index (χ3v) is 9.81. The molecule has 0 aromatic carbocycles. The van der Waals surface area contributed by atoms with Crippen molar-refractivity contribution >= 4 is 17.7 Å². The minimum Gasteiger partial charge on any atom is -0.449 e. The summed E-state index contributed by atoms with van der Waals surface area (Å²) in [5.74, 6) is 0.926. The predicted octanol–water partition coefficient (Wildman–Crippen LogP) is 5.24. The standard InChI is InChI=1S/C28H41NO4/c1-7-8-15-29(6)25(32)28(33-19(3)30)14-11-23-21-16-18(2)24-17-20(31)9-12-26(24,4)22(21)10-13-27(23,28)5/h16-17,21-23H,7-15H2,1-6H3/t21?,22?,23?,26-,27+,28+/m1/s1. The molecule has 1 amide bonds. The van der Waals surface area contributed by atoms with Crippen LogP contribution in [0.25, 0.3) is 0 Å². The number of hydrogen-bond donors (Lipinski definition) is 0. The summed E-state index contributed by atoms with van der Waals surface area (Å²) < 4.78 is 6.08. The van der Waals surface area contributed by atoms with Crippen molar-refractivity contribution < 1.29 is 19.1 Å². The van der Waals surface area contributed by atoms with E-state index in [2.05, 4.69) is 33.8 Å². The number of nitrogens with zero attached hydrogens (tertiary/aromatic N) is 1. The summed E-state index contributed by atoms with van der Waals surface area (Å²) in [4.78, 5) is 40.2. The molecule has 0 bridgehead atoms. The van der Waals surface area contributed by atoms with Crippen LogP contribution in [0.1, 0.15) is 86.0 Å². The molecule has 0 N–H and O–H groups in total. The third kappa shape index (κ3) is 3.52. The molecule has 5 heteroatoms. The van der Waals surface area contributed by atoms with Gasteiger partial charge in [-0.15, -0.1) is 0 Å². The Balaban J connectivity index is 1.74. The van der Waals surface area contributed by atoms with Gasteiger partial charge in [-0.3, -0.25) is 14.4 Å². The van der Waals surface area contributed by atoms with Crippen molar-refractivity contribution in [2.24, 2.45) is 28.6 Å². The molecule has 4 aliphatic carbocycles. The summed E-state index contributed by atoms with van der Waals surface area (Å²) in [6, 6.07) is 0. The SMILES string of the molecule is CCCCN(C)C(=O)[C@@]1(OC(C)=O)CCC2C3C=C(C)C4=CC(=O)CC[C@]4(C)C3CC[C@@]21C. The maximum Gasteiger partial charge on any atom is 0.303 e. The van der Waals surface area contributed by atoms with Gasteiger partial charge < -0.3 is 9.64 Å².